The van der Waals surface area contributed by atoms with Crippen LogP contribution in [-0.2, 0) is 0 Å². The molecule has 0 aromatic heterocycles. The Balaban J connectivity index is 3.07. The summed E-state index contributed by atoms with van der Waals surface area (Å²) < 4.78 is 25.2. The molecule has 0 radical (unpaired) electrons. The smallest absolute Gasteiger partial charge is 0.264 e. The van der Waals surface area contributed by atoms with Gasteiger partial charge in [-0.25, -0.2) is 8.78 Å². The van der Waals surface area contributed by atoms with Gasteiger partial charge in [0.2, 0.25) is 0 Å². The van der Waals surface area contributed by atoms with Crippen molar-refractivity contribution in [3.05, 3.63) is 32.9 Å². The molecule has 1 atom stereocenters. The van der Waals surface area contributed by atoms with E-state index >= 15 is 0 Å². The summed E-state index contributed by atoms with van der Waals surface area (Å²) in [6, 6.07) is 4.08. The van der Waals surface area contributed by atoms with Crippen LogP contribution in [0.2, 0.25) is 0 Å². The molecule has 0 saturated carbocycles. The zero-order chi connectivity index (χ0) is 11.6. The van der Waals surface area contributed by atoms with Crippen LogP contribution in [-0.4, -0.2) is 11.2 Å². The van der Waals surface area contributed by atoms with Gasteiger partial charge in [0.25, 0.3) is 6.43 Å². The lowest BCUT2D eigenvalue weighted by Gasteiger charge is -2.06. The quantitative estimate of drug-likeness (QED) is 0.459. The van der Waals surface area contributed by atoms with Crippen LogP contribution in [0.15, 0.2) is 18.2 Å². The molecular formula is C10H8ClF2IO. The number of ketones is 1. The highest BCUT2D eigenvalue weighted by Gasteiger charge is 2.16. The molecule has 0 aliphatic carbocycles. The van der Waals surface area contributed by atoms with Gasteiger partial charge in [-0.3, -0.25) is 4.79 Å². The summed E-state index contributed by atoms with van der Waals surface area (Å²) in [6.07, 6.45) is -2.52. The summed E-state index contributed by atoms with van der Waals surface area (Å²) in [5.74, 6) is -0.254. The van der Waals surface area contributed by atoms with E-state index in [0.29, 0.717) is 9.13 Å². The number of halogens is 4. The van der Waals surface area contributed by atoms with Gasteiger partial charge in [0.1, 0.15) is 0 Å². The molecule has 1 aromatic carbocycles. The minimum atomic E-state index is -2.52. The molecule has 0 aliphatic rings. The molecule has 1 aromatic rings. The van der Waals surface area contributed by atoms with Gasteiger partial charge in [0.05, 0.1) is 5.38 Å². The van der Waals surface area contributed by atoms with Crippen LogP contribution in [0.3, 0.4) is 0 Å². The van der Waals surface area contributed by atoms with E-state index in [4.69, 9.17) is 11.6 Å². The maximum atomic E-state index is 12.4. The molecule has 15 heavy (non-hydrogen) atoms. The van der Waals surface area contributed by atoms with Crippen molar-refractivity contribution in [1.82, 2.24) is 0 Å². The molecular weight excluding hydrogens is 336 g/mol. The van der Waals surface area contributed by atoms with Gasteiger partial charge in [0.15, 0.2) is 5.78 Å². The Kier molecular flexibility index (Phi) is 4.45. The van der Waals surface area contributed by atoms with Crippen molar-refractivity contribution in [3.63, 3.8) is 0 Å². The number of rotatable bonds is 3. The van der Waals surface area contributed by atoms with Crippen molar-refractivity contribution in [2.45, 2.75) is 18.7 Å². The standard InChI is InChI=1S/C10H8ClF2IO/c1-5(11)9(15)6-2-3-7(10(12)13)8(14)4-6/h2-5,10H,1H3. The molecule has 0 heterocycles. The van der Waals surface area contributed by atoms with Crippen LogP contribution in [0.4, 0.5) is 8.78 Å². The van der Waals surface area contributed by atoms with Crippen molar-refractivity contribution >= 4 is 40.0 Å². The highest BCUT2D eigenvalue weighted by molar-refractivity contribution is 14.1. The molecule has 82 valence electrons. The van der Waals surface area contributed by atoms with Gasteiger partial charge in [0, 0.05) is 14.7 Å². The maximum Gasteiger partial charge on any atom is 0.264 e. The van der Waals surface area contributed by atoms with Crippen LogP contribution in [0.5, 0.6) is 0 Å². The predicted octanol–water partition coefficient (Wildman–Crippen LogP) is 4.04. The van der Waals surface area contributed by atoms with Gasteiger partial charge >= 0.3 is 0 Å². The first-order valence-corrected chi connectivity index (χ1v) is 5.71. The lowest BCUT2D eigenvalue weighted by molar-refractivity contribution is 0.0991. The minimum absolute atomic E-state index is 0.0608. The summed E-state index contributed by atoms with van der Waals surface area (Å²) in [5.41, 5.74) is 0.306. The molecule has 0 bridgehead atoms. The van der Waals surface area contributed by atoms with Crippen molar-refractivity contribution in [2.75, 3.05) is 0 Å². The summed E-state index contributed by atoms with van der Waals surface area (Å²) in [4.78, 5) is 11.5. The Morgan fingerprint density at radius 2 is 2.07 bits per heavy atom. The van der Waals surface area contributed by atoms with Crippen LogP contribution >= 0.6 is 34.2 Å². The molecule has 0 aliphatic heterocycles. The average molecular weight is 345 g/mol. The van der Waals surface area contributed by atoms with E-state index in [1.807, 2.05) is 0 Å². The highest BCUT2D eigenvalue weighted by Crippen LogP contribution is 2.25. The van der Waals surface area contributed by atoms with E-state index in [-0.39, 0.29) is 11.3 Å². The molecule has 0 fully saturated rings. The van der Waals surface area contributed by atoms with E-state index in [1.165, 1.54) is 18.2 Å². The number of carbonyl (C=O) groups excluding carboxylic acids is 1. The SMILES string of the molecule is CC(Cl)C(=O)c1ccc(C(F)F)c(I)c1. The fourth-order valence-electron chi connectivity index (χ4n) is 1.09. The number of Topliss-reactive ketones (excluding diaryl/α,β-unsaturated/α-hetero) is 1. The second kappa shape index (κ2) is 5.21. The third-order valence-electron chi connectivity index (χ3n) is 1.88. The van der Waals surface area contributed by atoms with Crippen LogP contribution in [0.1, 0.15) is 29.3 Å². The van der Waals surface area contributed by atoms with Crippen LogP contribution in [0, 0.1) is 3.57 Å². The largest absolute Gasteiger partial charge is 0.293 e. The zero-order valence-corrected chi connectivity index (χ0v) is 10.7. The number of alkyl halides is 3. The number of carbonyl (C=O) groups is 1. The third-order valence-corrected chi connectivity index (χ3v) is 3.01. The Bertz CT molecular complexity index is 380. The van der Waals surface area contributed by atoms with E-state index in [0.717, 1.165) is 0 Å². The Morgan fingerprint density at radius 3 is 2.47 bits per heavy atom. The first-order valence-electron chi connectivity index (χ1n) is 4.19. The lowest BCUT2D eigenvalue weighted by Crippen LogP contribution is -2.11. The van der Waals surface area contributed by atoms with E-state index in [2.05, 4.69) is 0 Å². The second-order valence-electron chi connectivity index (χ2n) is 3.02. The molecule has 1 nitrogen and oxygen atoms in total. The van der Waals surface area contributed by atoms with E-state index in [9.17, 15) is 13.6 Å². The second-order valence-corrected chi connectivity index (χ2v) is 4.83. The van der Waals surface area contributed by atoms with Crippen molar-refractivity contribution < 1.29 is 13.6 Å². The van der Waals surface area contributed by atoms with Crippen molar-refractivity contribution in [2.24, 2.45) is 0 Å². The number of benzene rings is 1. The minimum Gasteiger partial charge on any atom is -0.293 e. The fourth-order valence-corrected chi connectivity index (χ4v) is 1.96. The zero-order valence-electron chi connectivity index (χ0n) is 7.81. The molecule has 0 saturated heterocycles. The van der Waals surface area contributed by atoms with Crippen LogP contribution in [0.25, 0.3) is 0 Å². The first kappa shape index (κ1) is 12.8. The summed E-state index contributed by atoms with van der Waals surface area (Å²) in [7, 11) is 0. The third kappa shape index (κ3) is 3.11. The lowest BCUT2D eigenvalue weighted by atomic mass is 10.1. The van der Waals surface area contributed by atoms with Gasteiger partial charge in [-0.1, -0.05) is 12.1 Å². The molecule has 0 N–H and O–H groups in total. The molecule has 1 rings (SSSR count). The van der Waals surface area contributed by atoms with Gasteiger partial charge in [-0.05, 0) is 35.6 Å². The molecule has 0 spiro atoms. The van der Waals surface area contributed by atoms with Gasteiger partial charge < -0.3 is 0 Å². The first-order chi connectivity index (χ1) is 6.93. The highest BCUT2D eigenvalue weighted by atomic mass is 127. The van der Waals surface area contributed by atoms with Crippen LogP contribution < -0.4 is 0 Å². The summed E-state index contributed by atoms with van der Waals surface area (Å²) >= 11 is 7.40. The molecule has 0 amide bonds. The van der Waals surface area contributed by atoms with Crippen molar-refractivity contribution in [1.29, 1.82) is 0 Å². The fraction of sp³-hybridized carbons (Fsp3) is 0.300. The van der Waals surface area contributed by atoms with Crippen molar-refractivity contribution in [3.8, 4) is 0 Å². The Labute approximate surface area is 105 Å². The Hall–Kier alpha value is -0.230. The number of hydrogen-bond donors (Lipinski definition) is 0. The monoisotopic (exact) mass is 344 g/mol. The molecule has 1 unspecified atom stereocenters. The number of hydrogen-bond acceptors (Lipinski definition) is 1. The summed E-state index contributed by atoms with van der Waals surface area (Å²) in [6.45, 7) is 1.55. The maximum absolute atomic E-state index is 12.4. The predicted molar refractivity (Wildman–Crippen MR) is 63.8 cm³/mol. The topological polar surface area (TPSA) is 17.1 Å². The van der Waals surface area contributed by atoms with Gasteiger partial charge in [-0.2, -0.15) is 0 Å². The molecule has 5 heteroatoms. The Morgan fingerprint density at radius 1 is 1.47 bits per heavy atom. The average Bonchev–Trinajstić information content (AvgIpc) is 2.15. The van der Waals surface area contributed by atoms with Gasteiger partial charge in [-0.15, -0.1) is 11.6 Å². The summed E-state index contributed by atoms with van der Waals surface area (Å²) in [5, 5.41) is -0.641. The normalized spacial score (nSPS) is 12.9. The van der Waals surface area contributed by atoms with E-state index < -0.39 is 11.8 Å². The van der Waals surface area contributed by atoms with E-state index in [1.54, 1.807) is 29.5 Å².